The first-order valence-corrected chi connectivity index (χ1v) is 5.98. The van der Waals surface area contributed by atoms with Gasteiger partial charge in [-0.3, -0.25) is 0 Å². The Morgan fingerprint density at radius 2 is 1.88 bits per heavy atom. The molecule has 0 saturated carbocycles. The lowest BCUT2D eigenvalue weighted by Gasteiger charge is -2.23. The molecule has 1 atom stereocenters. The molecule has 0 aliphatic carbocycles. The van der Waals surface area contributed by atoms with Gasteiger partial charge in [-0.05, 0) is 44.2 Å². The molecule has 4 heteroatoms. The molecular weight excluding hydrogens is 242 g/mol. The van der Waals surface area contributed by atoms with E-state index in [1.807, 2.05) is 13.0 Å². The largest absolute Gasteiger partial charge is 0.380 e. The number of aryl methyl sites for hydroxylation is 1. The molecule has 0 saturated heterocycles. The molecule has 1 N–H and O–H groups in total. The molecule has 0 aliphatic rings. The number of hydrogen-bond acceptors (Lipinski definition) is 2. The molecule has 0 spiro atoms. The summed E-state index contributed by atoms with van der Waals surface area (Å²) in [5.41, 5.74) is -1.55. The lowest BCUT2D eigenvalue weighted by Crippen LogP contribution is -2.23. The molecular formula is C13H12F2OS. The molecule has 1 aromatic heterocycles. The van der Waals surface area contributed by atoms with E-state index in [0.717, 1.165) is 23.1 Å². The van der Waals surface area contributed by atoms with Gasteiger partial charge in [0, 0.05) is 15.3 Å². The topological polar surface area (TPSA) is 20.2 Å². The molecule has 0 radical (unpaired) electrons. The fourth-order valence-electron chi connectivity index (χ4n) is 1.70. The van der Waals surface area contributed by atoms with Crippen molar-refractivity contribution in [3.63, 3.8) is 0 Å². The number of rotatable bonds is 2. The predicted molar refractivity (Wildman–Crippen MR) is 64.1 cm³/mol. The molecule has 0 fully saturated rings. The minimum absolute atomic E-state index is 0.0423. The van der Waals surface area contributed by atoms with E-state index in [2.05, 4.69) is 0 Å². The van der Waals surface area contributed by atoms with Gasteiger partial charge in [0.2, 0.25) is 0 Å². The van der Waals surface area contributed by atoms with Crippen molar-refractivity contribution in [2.75, 3.05) is 0 Å². The van der Waals surface area contributed by atoms with Crippen LogP contribution in [0.3, 0.4) is 0 Å². The van der Waals surface area contributed by atoms with Crippen molar-refractivity contribution in [2.24, 2.45) is 0 Å². The van der Waals surface area contributed by atoms with Crippen molar-refractivity contribution >= 4 is 11.3 Å². The third-order valence-corrected chi connectivity index (χ3v) is 3.88. The van der Waals surface area contributed by atoms with Crippen LogP contribution in [0.5, 0.6) is 0 Å². The quantitative estimate of drug-likeness (QED) is 0.868. The maximum atomic E-state index is 13.6. The molecule has 2 aromatic rings. The smallest absolute Gasteiger partial charge is 0.129 e. The maximum Gasteiger partial charge on any atom is 0.129 e. The zero-order valence-electron chi connectivity index (χ0n) is 9.50. The normalized spacial score (nSPS) is 14.6. The molecule has 1 unspecified atom stereocenters. The first-order valence-electron chi connectivity index (χ1n) is 5.16. The van der Waals surface area contributed by atoms with Gasteiger partial charge in [-0.15, -0.1) is 11.3 Å². The highest BCUT2D eigenvalue weighted by molar-refractivity contribution is 7.12. The van der Waals surface area contributed by atoms with E-state index < -0.39 is 17.2 Å². The van der Waals surface area contributed by atoms with E-state index >= 15 is 0 Å². The number of thiophene rings is 1. The van der Waals surface area contributed by atoms with Gasteiger partial charge in [-0.25, -0.2) is 8.78 Å². The van der Waals surface area contributed by atoms with Gasteiger partial charge < -0.3 is 5.11 Å². The zero-order valence-corrected chi connectivity index (χ0v) is 10.3. The Morgan fingerprint density at radius 1 is 1.18 bits per heavy atom. The van der Waals surface area contributed by atoms with Gasteiger partial charge in [0.1, 0.15) is 17.2 Å². The molecule has 90 valence electrons. The SMILES string of the molecule is Cc1ccc(C(C)(O)c2cc(F)ccc2F)s1. The van der Waals surface area contributed by atoms with Crippen molar-refractivity contribution in [3.05, 3.63) is 57.3 Å². The van der Waals surface area contributed by atoms with Crippen molar-refractivity contribution in [1.29, 1.82) is 0 Å². The summed E-state index contributed by atoms with van der Waals surface area (Å²) in [7, 11) is 0. The number of benzene rings is 1. The van der Waals surface area contributed by atoms with Crippen LogP contribution in [0.1, 0.15) is 22.2 Å². The van der Waals surface area contributed by atoms with Crippen molar-refractivity contribution in [3.8, 4) is 0 Å². The van der Waals surface area contributed by atoms with E-state index in [9.17, 15) is 13.9 Å². The van der Waals surface area contributed by atoms with E-state index in [4.69, 9.17) is 0 Å². The van der Waals surface area contributed by atoms with Gasteiger partial charge in [0.05, 0.1) is 0 Å². The summed E-state index contributed by atoms with van der Waals surface area (Å²) in [5, 5.41) is 10.4. The molecule has 0 aliphatic heterocycles. The summed E-state index contributed by atoms with van der Waals surface area (Å²) in [4.78, 5) is 1.61. The van der Waals surface area contributed by atoms with E-state index in [-0.39, 0.29) is 5.56 Å². The van der Waals surface area contributed by atoms with Crippen LogP contribution in [-0.2, 0) is 5.60 Å². The van der Waals surface area contributed by atoms with Crippen LogP contribution in [0.25, 0.3) is 0 Å². The highest BCUT2D eigenvalue weighted by Crippen LogP contribution is 2.35. The lowest BCUT2D eigenvalue weighted by atomic mass is 9.94. The molecule has 1 nitrogen and oxygen atoms in total. The van der Waals surface area contributed by atoms with Crippen molar-refractivity contribution in [1.82, 2.24) is 0 Å². The molecule has 0 bridgehead atoms. The Kier molecular flexibility index (Phi) is 3.02. The molecule has 1 aromatic carbocycles. The summed E-state index contributed by atoms with van der Waals surface area (Å²) in [6.07, 6.45) is 0. The Hall–Kier alpha value is -1.26. The Morgan fingerprint density at radius 3 is 2.47 bits per heavy atom. The second-order valence-corrected chi connectivity index (χ2v) is 5.39. The molecule has 0 amide bonds. The fourth-order valence-corrected chi connectivity index (χ4v) is 2.63. The van der Waals surface area contributed by atoms with E-state index in [1.165, 1.54) is 18.3 Å². The van der Waals surface area contributed by atoms with Crippen LogP contribution in [0.15, 0.2) is 30.3 Å². The van der Waals surface area contributed by atoms with Crippen LogP contribution in [0.4, 0.5) is 8.78 Å². The fraction of sp³-hybridized carbons (Fsp3) is 0.231. The van der Waals surface area contributed by atoms with E-state index in [0.29, 0.717) is 4.88 Å². The maximum absolute atomic E-state index is 13.6. The van der Waals surface area contributed by atoms with Crippen molar-refractivity contribution < 1.29 is 13.9 Å². The van der Waals surface area contributed by atoms with Gasteiger partial charge >= 0.3 is 0 Å². The molecule has 17 heavy (non-hydrogen) atoms. The average Bonchev–Trinajstić information content (AvgIpc) is 2.69. The highest BCUT2D eigenvalue weighted by atomic mass is 32.1. The first-order chi connectivity index (χ1) is 7.91. The van der Waals surface area contributed by atoms with Crippen LogP contribution in [0.2, 0.25) is 0 Å². The Bertz CT molecular complexity index is 546. The van der Waals surface area contributed by atoms with Crippen LogP contribution in [0, 0.1) is 18.6 Å². The van der Waals surface area contributed by atoms with Gasteiger partial charge in [0.15, 0.2) is 0 Å². The Labute approximate surface area is 102 Å². The minimum atomic E-state index is -1.51. The van der Waals surface area contributed by atoms with E-state index in [1.54, 1.807) is 6.07 Å². The summed E-state index contributed by atoms with van der Waals surface area (Å²) < 4.78 is 26.8. The summed E-state index contributed by atoms with van der Waals surface area (Å²) in [6.45, 7) is 3.36. The van der Waals surface area contributed by atoms with Gasteiger partial charge in [-0.1, -0.05) is 0 Å². The zero-order chi connectivity index (χ0) is 12.6. The summed E-state index contributed by atoms with van der Waals surface area (Å²) >= 11 is 1.36. The molecule has 1 heterocycles. The van der Waals surface area contributed by atoms with Gasteiger partial charge in [0.25, 0.3) is 0 Å². The predicted octanol–water partition coefficient (Wildman–Crippen LogP) is 3.59. The molecule has 2 rings (SSSR count). The van der Waals surface area contributed by atoms with Gasteiger partial charge in [-0.2, -0.15) is 0 Å². The number of aliphatic hydroxyl groups is 1. The highest BCUT2D eigenvalue weighted by Gasteiger charge is 2.30. The second-order valence-electron chi connectivity index (χ2n) is 4.11. The lowest BCUT2D eigenvalue weighted by molar-refractivity contribution is 0.101. The van der Waals surface area contributed by atoms with Crippen LogP contribution < -0.4 is 0 Å². The summed E-state index contributed by atoms with van der Waals surface area (Å²) in [5.74, 6) is -1.17. The average molecular weight is 254 g/mol. The summed E-state index contributed by atoms with van der Waals surface area (Å²) in [6, 6.07) is 6.66. The standard InChI is InChI=1S/C13H12F2OS/c1-8-3-6-12(17-8)13(2,16)10-7-9(14)4-5-11(10)15/h3-7,16H,1-2H3. The monoisotopic (exact) mass is 254 g/mol. The van der Waals surface area contributed by atoms with Crippen LogP contribution >= 0.6 is 11.3 Å². The second kappa shape index (κ2) is 4.20. The number of hydrogen-bond donors (Lipinski definition) is 1. The van der Waals surface area contributed by atoms with Crippen LogP contribution in [-0.4, -0.2) is 5.11 Å². The minimum Gasteiger partial charge on any atom is -0.380 e. The third-order valence-electron chi connectivity index (χ3n) is 2.67. The number of halogens is 2. The Balaban J connectivity index is 2.54. The first kappa shape index (κ1) is 12.2. The van der Waals surface area contributed by atoms with Crippen molar-refractivity contribution in [2.45, 2.75) is 19.4 Å². The third kappa shape index (κ3) is 2.23.